The van der Waals surface area contributed by atoms with Crippen molar-refractivity contribution in [1.82, 2.24) is 15.1 Å². The number of nitrogens with zero attached hydrogens (tertiary/aromatic N) is 2. The number of aryl methyl sites for hydroxylation is 1. The number of hydrogen-bond acceptors (Lipinski definition) is 2. The molecule has 0 aliphatic heterocycles. The van der Waals surface area contributed by atoms with E-state index in [9.17, 15) is 0 Å². The second-order valence-corrected chi connectivity index (χ2v) is 5.99. The standard InChI is InChI=1S/C16H20ClN3/c1-11-16(17)12(2)20(19-11)10-14-5-3-13(4-6-14)9-18-15-7-8-15/h3-6,15,18H,7-10H2,1-2H3. The van der Waals surface area contributed by atoms with Crippen LogP contribution in [-0.4, -0.2) is 15.8 Å². The molecule has 3 nitrogen and oxygen atoms in total. The first-order chi connectivity index (χ1) is 9.63. The summed E-state index contributed by atoms with van der Waals surface area (Å²) in [5.41, 5.74) is 4.52. The topological polar surface area (TPSA) is 29.9 Å². The molecule has 1 aromatic carbocycles. The van der Waals surface area contributed by atoms with Crippen molar-refractivity contribution in [2.75, 3.05) is 0 Å². The molecule has 106 valence electrons. The predicted octanol–water partition coefficient (Wildman–Crippen LogP) is 3.45. The van der Waals surface area contributed by atoms with E-state index in [4.69, 9.17) is 11.6 Å². The largest absolute Gasteiger partial charge is 0.310 e. The van der Waals surface area contributed by atoms with Crippen LogP contribution in [0.15, 0.2) is 24.3 Å². The van der Waals surface area contributed by atoms with E-state index in [0.717, 1.165) is 35.5 Å². The van der Waals surface area contributed by atoms with Gasteiger partial charge in [-0.15, -0.1) is 0 Å². The summed E-state index contributed by atoms with van der Waals surface area (Å²) < 4.78 is 1.97. The Hall–Kier alpha value is -1.32. The van der Waals surface area contributed by atoms with Crippen molar-refractivity contribution in [3.8, 4) is 0 Å². The third-order valence-electron chi connectivity index (χ3n) is 3.82. The van der Waals surface area contributed by atoms with Crippen molar-refractivity contribution in [2.45, 2.75) is 45.8 Å². The Morgan fingerprint density at radius 2 is 1.85 bits per heavy atom. The molecule has 0 bridgehead atoms. The van der Waals surface area contributed by atoms with E-state index in [-0.39, 0.29) is 0 Å². The lowest BCUT2D eigenvalue weighted by atomic mass is 10.1. The second kappa shape index (κ2) is 5.58. The fourth-order valence-corrected chi connectivity index (χ4v) is 2.45. The summed E-state index contributed by atoms with van der Waals surface area (Å²) in [6.45, 7) is 5.70. The maximum atomic E-state index is 6.17. The van der Waals surface area contributed by atoms with Crippen LogP contribution < -0.4 is 5.32 Å². The third-order valence-corrected chi connectivity index (χ3v) is 4.37. The normalized spacial score (nSPS) is 14.8. The first-order valence-corrected chi connectivity index (χ1v) is 7.52. The lowest BCUT2D eigenvalue weighted by Crippen LogP contribution is -2.15. The Kier molecular flexibility index (Phi) is 3.81. The van der Waals surface area contributed by atoms with Gasteiger partial charge in [-0.25, -0.2) is 0 Å². The molecule has 1 aliphatic rings. The van der Waals surface area contributed by atoms with E-state index in [1.54, 1.807) is 0 Å². The molecule has 20 heavy (non-hydrogen) atoms. The minimum atomic E-state index is 0.756. The lowest BCUT2D eigenvalue weighted by molar-refractivity contribution is 0.657. The first-order valence-electron chi connectivity index (χ1n) is 7.14. The molecular weight excluding hydrogens is 270 g/mol. The van der Waals surface area contributed by atoms with Crippen LogP contribution in [0.25, 0.3) is 0 Å². The Morgan fingerprint density at radius 3 is 2.40 bits per heavy atom. The summed E-state index contributed by atoms with van der Waals surface area (Å²) >= 11 is 6.17. The second-order valence-electron chi connectivity index (χ2n) is 5.61. The quantitative estimate of drug-likeness (QED) is 0.914. The summed E-state index contributed by atoms with van der Waals surface area (Å²) in [7, 11) is 0. The van der Waals surface area contributed by atoms with Gasteiger partial charge in [-0.2, -0.15) is 5.10 Å². The highest BCUT2D eigenvalue weighted by Crippen LogP contribution is 2.21. The molecule has 1 aromatic heterocycles. The van der Waals surface area contributed by atoms with E-state index in [0.29, 0.717) is 0 Å². The summed E-state index contributed by atoms with van der Waals surface area (Å²) in [6.07, 6.45) is 2.66. The van der Waals surface area contributed by atoms with Gasteiger partial charge in [0.25, 0.3) is 0 Å². The minimum Gasteiger partial charge on any atom is -0.310 e. The first kappa shape index (κ1) is 13.7. The van der Waals surface area contributed by atoms with Gasteiger partial charge in [0.15, 0.2) is 0 Å². The van der Waals surface area contributed by atoms with Gasteiger partial charge in [-0.1, -0.05) is 35.9 Å². The molecule has 1 N–H and O–H groups in total. The Labute approximate surface area is 124 Å². The molecule has 0 amide bonds. The van der Waals surface area contributed by atoms with Crippen molar-refractivity contribution in [3.05, 3.63) is 51.8 Å². The van der Waals surface area contributed by atoms with Crippen LogP contribution >= 0.6 is 11.6 Å². The molecule has 1 aliphatic carbocycles. The van der Waals surface area contributed by atoms with Crippen LogP contribution in [0.2, 0.25) is 5.02 Å². The lowest BCUT2D eigenvalue weighted by Gasteiger charge is -2.07. The van der Waals surface area contributed by atoms with Crippen LogP contribution in [0.4, 0.5) is 0 Å². The van der Waals surface area contributed by atoms with Crippen molar-refractivity contribution >= 4 is 11.6 Å². The number of hydrogen-bond donors (Lipinski definition) is 1. The monoisotopic (exact) mass is 289 g/mol. The zero-order chi connectivity index (χ0) is 14.1. The molecule has 1 saturated carbocycles. The fourth-order valence-electron chi connectivity index (χ4n) is 2.31. The Balaban J connectivity index is 1.66. The number of halogens is 1. The molecule has 0 atom stereocenters. The molecule has 0 radical (unpaired) electrons. The van der Waals surface area contributed by atoms with Crippen molar-refractivity contribution < 1.29 is 0 Å². The van der Waals surface area contributed by atoms with Gasteiger partial charge in [0, 0.05) is 12.6 Å². The molecule has 0 unspecified atom stereocenters. The van der Waals surface area contributed by atoms with E-state index in [2.05, 4.69) is 34.7 Å². The SMILES string of the molecule is Cc1nn(Cc2ccc(CNC3CC3)cc2)c(C)c1Cl. The van der Waals surface area contributed by atoms with E-state index in [1.165, 1.54) is 24.0 Å². The summed E-state index contributed by atoms with van der Waals surface area (Å²) in [4.78, 5) is 0. The molecule has 2 aromatic rings. The predicted molar refractivity (Wildman–Crippen MR) is 82.1 cm³/mol. The van der Waals surface area contributed by atoms with Gasteiger partial charge in [0.2, 0.25) is 0 Å². The average Bonchev–Trinajstić information content (AvgIpc) is 3.24. The summed E-state index contributed by atoms with van der Waals surface area (Å²) in [6, 6.07) is 9.49. The van der Waals surface area contributed by atoms with Gasteiger partial charge >= 0.3 is 0 Å². The Morgan fingerprint density at radius 1 is 1.20 bits per heavy atom. The zero-order valence-corrected chi connectivity index (χ0v) is 12.7. The van der Waals surface area contributed by atoms with E-state index >= 15 is 0 Å². The molecule has 1 fully saturated rings. The summed E-state index contributed by atoms with van der Waals surface area (Å²) in [5, 5.41) is 8.77. The van der Waals surface area contributed by atoms with Crippen LogP contribution in [0.3, 0.4) is 0 Å². The van der Waals surface area contributed by atoms with Gasteiger partial charge < -0.3 is 5.32 Å². The molecule has 3 rings (SSSR count). The number of rotatable bonds is 5. The fraction of sp³-hybridized carbons (Fsp3) is 0.438. The van der Waals surface area contributed by atoms with Crippen molar-refractivity contribution in [3.63, 3.8) is 0 Å². The molecule has 4 heteroatoms. The molecular formula is C16H20ClN3. The van der Waals surface area contributed by atoms with Gasteiger partial charge in [0.05, 0.1) is 23.0 Å². The number of benzene rings is 1. The van der Waals surface area contributed by atoms with Gasteiger partial charge in [0.1, 0.15) is 0 Å². The van der Waals surface area contributed by atoms with Crippen LogP contribution in [0.1, 0.15) is 35.4 Å². The maximum Gasteiger partial charge on any atom is 0.0844 e. The van der Waals surface area contributed by atoms with Gasteiger partial charge in [-0.05, 0) is 37.8 Å². The third kappa shape index (κ3) is 3.05. The van der Waals surface area contributed by atoms with E-state index in [1.807, 2.05) is 18.5 Å². The Bertz CT molecular complexity index is 597. The van der Waals surface area contributed by atoms with E-state index < -0.39 is 0 Å². The highest BCUT2D eigenvalue weighted by atomic mass is 35.5. The zero-order valence-electron chi connectivity index (χ0n) is 12.0. The molecule has 1 heterocycles. The number of nitrogens with one attached hydrogen (secondary N) is 1. The van der Waals surface area contributed by atoms with Crippen molar-refractivity contribution in [1.29, 1.82) is 0 Å². The average molecular weight is 290 g/mol. The van der Waals surface area contributed by atoms with Gasteiger partial charge in [-0.3, -0.25) is 4.68 Å². The minimum absolute atomic E-state index is 0.756. The van der Waals surface area contributed by atoms with Crippen molar-refractivity contribution in [2.24, 2.45) is 0 Å². The molecule has 0 saturated heterocycles. The molecule has 0 spiro atoms. The van der Waals surface area contributed by atoms with Crippen LogP contribution in [0, 0.1) is 13.8 Å². The highest BCUT2D eigenvalue weighted by Gasteiger charge is 2.19. The highest BCUT2D eigenvalue weighted by molar-refractivity contribution is 6.31. The van der Waals surface area contributed by atoms with Crippen LogP contribution in [-0.2, 0) is 13.1 Å². The smallest absolute Gasteiger partial charge is 0.0844 e. The number of aromatic nitrogens is 2. The summed E-state index contributed by atoms with van der Waals surface area (Å²) in [5.74, 6) is 0. The maximum absolute atomic E-state index is 6.17. The van der Waals surface area contributed by atoms with Crippen LogP contribution in [0.5, 0.6) is 0 Å².